The molecule has 2 heteroatoms. The predicted molar refractivity (Wildman–Crippen MR) is 57.8 cm³/mol. The van der Waals surface area contributed by atoms with Crippen molar-refractivity contribution in [1.82, 2.24) is 0 Å². The van der Waals surface area contributed by atoms with Crippen molar-refractivity contribution in [2.75, 3.05) is 5.32 Å². The van der Waals surface area contributed by atoms with Gasteiger partial charge in [-0.2, -0.15) is 0 Å². The first kappa shape index (κ1) is 9.25. The average Bonchev–Trinajstić information content (AvgIpc) is 2.42. The Bertz CT molecular complexity index is 397. The summed E-state index contributed by atoms with van der Waals surface area (Å²) < 4.78 is 0. The Morgan fingerprint density at radius 3 is 2.79 bits per heavy atom. The second-order valence-electron chi connectivity index (χ2n) is 4.19. The van der Waals surface area contributed by atoms with Crippen LogP contribution in [0.3, 0.4) is 0 Å². The Labute approximate surface area is 84.3 Å². The van der Waals surface area contributed by atoms with Crippen LogP contribution in [0.25, 0.3) is 0 Å². The van der Waals surface area contributed by atoms with Crippen LogP contribution >= 0.6 is 0 Å². The summed E-state index contributed by atoms with van der Waals surface area (Å²) in [5.74, 6) is 0.221. The highest BCUT2D eigenvalue weighted by molar-refractivity contribution is 6.13. The van der Waals surface area contributed by atoms with Crippen LogP contribution in [-0.4, -0.2) is 11.3 Å². The van der Waals surface area contributed by atoms with Crippen LogP contribution in [0.4, 0.5) is 5.69 Å². The molecule has 74 valence electrons. The third kappa shape index (κ3) is 1.14. The maximum Gasteiger partial charge on any atom is 0.189 e. The van der Waals surface area contributed by atoms with Gasteiger partial charge in [-0.25, -0.2) is 0 Å². The third-order valence-corrected chi connectivity index (χ3v) is 3.04. The number of ketones is 1. The number of fused-ring (bicyclic) bond motifs is 1. The lowest BCUT2D eigenvalue weighted by Crippen LogP contribution is -2.36. The fraction of sp³-hybridized carbons (Fsp3) is 0.417. The van der Waals surface area contributed by atoms with Gasteiger partial charge in [-0.05, 0) is 32.4 Å². The highest BCUT2D eigenvalue weighted by Gasteiger charge is 2.39. The van der Waals surface area contributed by atoms with Gasteiger partial charge in [0.2, 0.25) is 0 Å². The number of carbonyl (C=O) groups is 1. The van der Waals surface area contributed by atoms with E-state index in [1.807, 2.05) is 39.0 Å². The van der Waals surface area contributed by atoms with Crippen molar-refractivity contribution in [2.45, 2.75) is 32.7 Å². The van der Waals surface area contributed by atoms with Crippen molar-refractivity contribution in [3.8, 4) is 0 Å². The minimum atomic E-state index is -0.393. The number of carbonyl (C=O) groups excluding carboxylic acids is 1. The van der Waals surface area contributed by atoms with E-state index in [4.69, 9.17) is 0 Å². The molecule has 1 atom stereocenters. The van der Waals surface area contributed by atoms with E-state index in [1.165, 1.54) is 0 Å². The lowest BCUT2D eigenvalue weighted by atomic mass is 9.93. The molecule has 0 aromatic heterocycles. The van der Waals surface area contributed by atoms with Crippen LogP contribution < -0.4 is 5.32 Å². The number of aryl methyl sites for hydroxylation is 1. The number of benzene rings is 1. The van der Waals surface area contributed by atoms with Gasteiger partial charge >= 0.3 is 0 Å². The fourth-order valence-electron chi connectivity index (χ4n) is 1.86. The molecule has 0 aliphatic carbocycles. The average molecular weight is 189 g/mol. The van der Waals surface area contributed by atoms with Crippen molar-refractivity contribution >= 4 is 11.5 Å². The normalized spacial score (nSPS) is 24.6. The van der Waals surface area contributed by atoms with Crippen molar-refractivity contribution in [2.24, 2.45) is 0 Å². The quantitative estimate of drug-likeness (QED) is 0.736. The molecule has 0 saturated carbocycles. The summed E-state index contributed by atoms with van der Waals surface area (Å²) in [6.45, 7) is 6.00. The summed E-state index contributed by atoms with van der Waals surface area (Å²) in [5.41, 5.74) is 2.56. The summed E-state index contributed by atoms with van der Waals surface area (Å²) in [4.78, 5) is 12.0. The number of anilines is 1. The summed E-state index contributed by atoms with van der Waals surface area (Å²) in [5, 5.41) is 3.29. The Hall–Kier alpha value is -1.31. The molecular formula is C12H15NO. The zero-order chi connectivity index (χ0) is 10.3. The van der Waals surface area contributed by atoms with Crippen LogP contribution in [0.1, 0.15) is 36.2 Å². The molecule has 0 bridgehead atoms. The Kier molecular flexibility index (Phi) is 1.88. The van der Waals surface area contributed by atoms with Crippen molar-refractivity contribution < 1.29 is 4.79 Å². The Morgan fingerprint density at radius 1 is 1.43 bits per heavy atom. The van der Waals surface area contributed by atoms with Gasteiger partial charge in [0.15, 0.2) is 5.78 Å². The maximum absolute atomic E-state index is 12.0. The number of Topliss-reactive ketones (excluding diaryl/α,β-unsaturated/α-hetero) is 1. The largest absolute Gasteiger partial charge is 0.372 e. The van der Waals surface area contributed by atoms with E-state index in [9.17, 15) is 4.79 Å². The monoisotopic (exact) mass is 189 g/mol. The second kappa shape index (κ2) is 2.84. The molecule has 0 spiro atoms. The number of nitrogens with one attached hydrogen (secondary N) is 1. The standard InChI is InChI=1S/C12H15NO/c1-4-12(3)11(14)9-7-8(2)5-6-10(9)13-12/h5-7,13H,4H2,1-3H3. The molecule has 1 aromatic carbocycles. The third-order valence-electron chi connectivity index (χ3n) is 3.04. The minimum absolute atomic E-state index is 0.221. The molecule has 0 saturated heterocycles. The van der Waals surface area contributed by atoms with Crippen molar-refractivity contribution in [3.05, 3.63) is 29.3 Å². The topological polar surface area (TPSA) is 29.1 Å². The Balaban J connectivity index is 2.51. The van der Waals surface area contributed by atoms with Crippen LogP contribution in [-0.2, 0) is 0 Å². The van der Waals surface area contributed by atoms with Gasteiger partial charge in [0.05, 0.1) is 5.54 Å². The number of hydrogen-bond acceptors (Lipinski definition) is 2. The lowest BCUT2D eigenvalue weighted by Gasteiger charge is -2.20. The molecule has 0 amide bonds. The molecular weight excluding hydrogens is 174 g/mol. The maximum atomic E-state index is 12.0. The van der Waals surface area contributed by atoms with E-state index in [1.54, 1.807) is 0 Å². The molecule has 1 aromatic rings. The second-order valence-corrected chi connectivity index (χ2v) is 4.19. The van der Waals surface area contributed by atoms with Gasteiger partial charge in [-0.15, -0.1) is 0 Å². The van der Waals surface area contributed by atoms with Crippen molar-refractivity contribution in [1.29, 1.82) is 0 Å². The first-order chi connectivity index (χ1) is 6.57. The van der Waals surface area contributed by atoms with E-state index < -0.39 is 5.54 Å². The highest BCUT2D eigenvalue weighted by Crippen LogP contribution is 2.34. The first-order valence-corrected chi connectivity index (χ1v) is 5.00. The zero-order valence-electron chi connectivity index (χ0n) is 8.85. The molecule has 14 heavy (non-hydrogen) atoms. The number of rotatable bonds is 1. The van der Waals surface area contributed by atoms with E-state index in [0.29, 0.717) is 0 Å². The molecule has 2 rings (SSSR count). The van der Waals surface area contributed by atoms with Gasteiger partial charge < -0.3 is 5.32 Å². The molecule has 1 N–H and O–H groups in total. The van der Waals surface area contributed by atoms with Crippen LogP contribution in [0.5, 0.6) is 0 Å². The zero-order valence-corrected chi connectivity index (χ0v) is 8.85. The van der Waals surface area contributed by atoms with Gasteiger partial charge in [-0.3, -0.25) is 4.79 Å². The first-order valence-electron chi connectivity index (χ1n) is 5.00. The highest BCUT2D eigenvalue weighted by atomic mass is 16.1. The Morgan fingerprint density at radius 2 is 2.14 bits per heavy atom. The fourth-order valence-corrected chi connectivity index (χ4v) is 1.86. The van der Waals surface area contributed by atoms with Gasteiger partial charge in [0.1, 0.15) is 0 Å². The summed E-state index contributed by atoms with van der Waals surface area (Å²) in [7, 11) is 0. The molecule has 1 heterocycles. The van der Waals surface area contributed by atoms with Crippen LogP contribution in [0.2, 0.25) is 0 Å². The molecule has 1 aliphatic heterocycles. The summed E-state index contributed by atoms with van der Waals surface area (Å²) >= 11 is 0. The molecule has 1 unspecified atom stereocenters. The van der Waals surface area contributed by atoms with Gasteiger partial charge in [-0.1, -0.05) is 18.6 Å². The van der Waals surface area contributed by atoms with E-state index >= 15 is 0 Å². The lowest BCUT2D eigenvalue weighted by molar-refractivity contribution is 0.0926. The predicted octanol–water partition coefficient (Wildman–Crippen LogP) is 2.77. The smallest absolute Gasteiger partial charge is 0.189 e. The minimum Gasteiger partial charge on any atom is -0.372 e. The summed E-state index contributed by atoms with van der Waals surface area (Å²) in [6, 6.07) is 5.98. The van der Waals surface area contributed by atoms with Gasteiger partial charge in [0.25, 0.3) is 0 Å². The van der Waals surface area contributed by atoms with Crippen molar-refractivity contribution in [3.63, 3.8) is 0 Å². The van der Waals surface area contributed by atoms with E-state index in [-0.39, 0.29) is 5.78 Å². The van der Waals surface area contributed by atoms with E-state index in [0.717, 1.165) is 23.2 Å². The molecule has 1 aliphatic rings. The molecule has 0 radical (unpaired) electrons. The van der Waals surface area contributed by atoms with E-state index in [2.05, 4.69) is 5.32 Å². The van der Waals surface area contributed by atoms with Crippen LogP contribution in [0, 0.1) is 6.92 Å². The SMILES string of the molecule is CCC1(C)Nc2ccc(C)cc2C1=O. The van der Waals surface area contributed by atoms with Crippen LogP contribution in [0.15, 0.2) is 18.2 Å². The number of hydrogen-bond donors (Lipinski definition) is 1. The molecule has 0 fully saturated rings. The summed E-state index contributed by atoms with van der Waals surface area (Å²) in [6.07, 6.45) is 0.819. The van der Waals surface area contributed by atoms with Gasteiger partial charge in [0, 0.05) is 11.3 Å². The molecule has 2 nitrogen and oxygen atoms in total.